The molecule has 0 saturated carbocycles. The molecule has 1 heterocycles. The van der Waals surface area contributed by atoms with E-state index < -0.39 is 0 Å². The van der Waals surface area contributed by atoms with E-state index in [2.05, 4.69) is 48.3 Å². The molecule has 1 rings (SSSR count). The zero-order valence-corrected chi connectivity index (χ0v) is 13.9. The predicted octanol–water partition coefficient (Wildman–Crippen LogP) is 3.17. The molecule has 120 valence electrons. The maximum Gasteiger partial charge on any atom is 0.138 e. The number of aromatic nitrogens is 2. The normalized spacial score (nSPS) is 11.5. The van der Waals surface area contributed by atoms with Gasteiger partial charge in [0.1, 0.15) is 17.5 Å². The van der Waals surface area contributed by atoms with E-state index in [0.29, 0.717) is 6.61 Å². The Hall–Kier alpha value is -1.36. The molecule has 0 bridgehead atoms. The molecular weight excluding hydrogens is 264 g/mol. The number of nitrogens with zero attached hydrogens (tertiary/aromatic N) is 2. The molecule has 0 amide bonds. The van der Waals surface area contributed by atoms with Gasteiger partial charge in [-0.05, 0) is 19.8 Å². The van der Waals surface area contributed by atoms with Crippen molar-refractivity contribution in [1.29, 1.82) is 0 Å². The lowest BCUT2D eigenvalue weighted by Gasteiger charge is -2.19. The lowest BCUT2D eigenvalue weighted by atomic mass is 9.96. The van der Waals surface area contributed by atoms with E-state index in [9.17, 15) is 0 Å². The summed E-state index contributed by atoms with van der Waals surface area (Å²) < 4.78 is 0. The molecule has 0 saturated heterocycles. The quantitative estimate of drug-likeness (QED) is 0.610. The number of hydrogen-bond acceptors (Lipinski definition) is 5. The first-order valence-electron chi connectivity index (χ1n) is 7.95. The second-order valence-electron chi connectivity index (χ2n) is 6.31. The van der Waals surface area contributed by atoms with Gasteiger partial charge in [-0.25, -0.2) is 9.97 Å². The molecule has 5 heteroatoms. The maximum atomic E-state index is 8.75. The molecule has 0 unspecified atom stereocenters. The first-order chi connectivity index (χ1) is 9.97. The van der Waals surface area contributed by atoms with Gasteiger partial charge in [0.2, 0.25) is 0 Å². The van der Waals surface area contributed by atoms with Crippen molar-refractivity contribution in [2.45, 2.75) is 58.8 Å². The fourth-order valence-electron chi connectivity index (χ4n) is 1.95. The van der Waals surface area contributed by atoms with Gasteiger partial charge in [0.05, 0.1) is 0 Å². The zero-order chi connectivity index (χ0) is 15.7. The zero-order valence-electron chi connectivity index (χ0n) is 13.9. The number of nitrogens with one attached hydrogen (secondary N) is 2. The highest BCUT2D eigenvalue weighted by Crippen LogP contribution is 2.22. The summed E-state index contributed by atoms with van der Waals surface area (Å²) in [5.74, 6) is 2.61. The summed E-state index contributed by atoms with van der Waals surface area (Å²) in [6.45, 7) is 10.5. The highest BCUT2D eigenvalue weighted by molar-refractivity contribution is 5.48. The minimum absolute atomic E-state index is 0.0665. The molecule has 1 aromatic heterocycles. The standard InChI is InChI=1S/C16H30N4O/c1-5-17-13-12-14(18-10-8-6-7-9-11-21)20-15(19-13)16(2,3)4/h12,21H,5-11H2,1-4H3,(H2,17,18,19,20). The molecule has 3 N–H and O–H groups in total. The summed E-state index contributed by atoms with van der Waals surface area (Å²) in [4.78, 5) is 9.19. The van der Waals surface area contributed by atoms with Gasteiger partial charge in [-0.2, -0.15) is 0 Å². The van der Waals surface area contributed by atoms with Crippen molar-refractivity contribution in [3.8, 4) is 0 Å². The first-order valence-corrected chi connectivity index (χ1v) is 7.95. The van der Waals surface area contributed by atoms with Crippen LogP contribution < -0.4 is 10.6 Å². The Kier molecular flexibility index (Phi) is 7.43. The van der Waals surface area contributed by atoms with E-state index in [4.69, 9.17) is 5.11 Å². The lowest BCUT2D eigenvalue weighted by Crippen LogP contribution is -2.19. The van der Waals surface area contributed by atoms with Crippen LogP contribution in [0.25, 0.3) is 0 Å². The van der Waals surface area contributed by atoms with Crippen molar-refractivity contribution in [2.24, 2.45) is 0 Å². The third-order valence-electron chi connectivity index (χ3n) is 3.15. The Morgan fingerprint density at radius 2 is 1.62 bits per heavy atom. The maximum absolute atomic E-state index is 8.75. The van der Waals surface area contributed by atoms with Crippen LogP contribution in [-0.2, 0) is 5.41 Å². The summed E-state index contributed by atoms with van der Waals surface area (Å²) in [5.41, 5.74) is -0.0665. The smallest absolute Gasteiger partial charge is 0.138 e. The number of anilines is 2. The van der Waals surface area contributed by atoms with Crippen LogP contribution in [0, 0.1) is 0 Å². The number of aliphatic hydroxyl groups excluding tert-OH is 1. The van der Waals surface area contributed by atoms with Crippen molar-refractivity contribution >= 4 is 11.6 Å². The van der Waals surface area contributed by atoms with Crippen LogP contribution in [0.4, 0.5) is 11.6 Å². The Morgan fingerprint density at radius 1 is 1.00 bits per heavy atom. The van der Waals surface area contributed by atoms with Crippen LogP contribution in [0.2, 0.25) is 0 Å². The van der Waals surface area contributed by atoms with Crippen molar-refractivity contribution in [2.75, 3.05) is 30.3 Å². The second-order valence-corrected chi connectivity index (χ2v) is 6.31. The molecule has 21 heavy (non-hydrogen) atoms. The van der Waals surface area contributed by atoms with Crippen LogP contribution in [0.1, 0.15) is 59.2 Å². The summed E-state index contributed by atoms with van der Waals surface area (Å²) in [6.07, 6.45) is 4.19. The van der Waals surface area contributed by atoms with Crippen molar-refractivity contribution in [3.63, 3.8) is 0 Å². The molecule has 5 nitrogen and oxygen atoms in total. The van der Waals surface area contributed by atoms with E-state index in [1.54, 1.807) is 0 Å². The van der Waals surface area contributed by atoms with Gasteiger partial charge in [0, 0.05) is 31.2 Å². The molecule has 0 aliphatic rings. The average molecular weight is 294 g/mol. The number of hydrogen-bond donors (Lipinski definition) is 3. The van der Waals surface area contributed by atoms with Gasteiger partial charge in [0.15, 0.2) is 0 Å². The first kappa shape index (κ1) is 17.7. The fourth-order valence-corrected chi connectivity index (χ4v) is 1.95. The number of rotatable bonds is 9. The summed E-state index contributed by atoms with van der Waals surface area (Å²) in [5, 5.41) is 15.4. The summed E-state index contributed by atoms with van der Waals surface area (Å²) in [7, 11) is 0. The third kappa shape index (κ3) is 6.76. The minimum atomic E-state index is -0.0665. The van der Waals surface area contributed by atoms with Crippen LogP contribution >= 0.6 is 0 Å². The van der Waals surface area contributed by atoms with E-state index in [1.165, 1.54) is 0 Å². The molecule has 0 aliphatic heterocycles. The molecule has 1 aromatic rings. The van der Waals surface area contributed by atoms with E-state index in [1.807, 2.05) is 6.07 Å². The van der Waals surface area contributed by atoms with E-state index in [0.717, 1.165) is 56.2 Å². The van der Waals surface area contributed by atoms with Crippen LogP contribution in [0.5, 0.6) is 0 Å². The highest BCUT2D eigenvalue weighted by Gasteiger charge is 2.19. The van der Waals surface area contributed by atoms with E-state index in [-0.39, 0.29) is 5.41 Å². The largest absolute Gasteiger partial charge is 0.396 e. The molecule has 0 radical (unpaired) electrons. The lowest BCUT2D eigenvalue weighted by molar-refractivity contribution is 0.283. The Bertz CT molecular complexity index is 415. The SMILES string of the molecule is CCNc1cc(NCCCCCCO)nc(C(C)(C)C)n1. The fraction of sp³-hybridized carbons (Fsp3) is 0.750. The molecule has 0 spiro atoms. The third-order valence-corrected chi connectivity index (χ3v) is 3.15. The summed E-state index contributed by atoms with van der Waals surface area (Å²) >= 11 is 0. The number of aliphatic hydroxyl groups is 1. The van der Waals surface area contributed by atoms with Gasteiger partial charge >= 0.3 is 0 Å². The van der Waals surface area contributed by atoms with Gasteiger partial charge in [-0.3, -0.25) is 0 Å². The van der Waals surface area contributed by atoms with Crippen molar-refractivity contribution in [1.82, 2.24) is 9.97 Å². The Labute approximate surface area is 128 Å². The molecule has 0 atom stereocenters. The topological polar surface area (TPSA) is 70.1 Å². The Morgan fingerprint density at radius 3 is 2.19 bits per heavy atom. The van der Waals surface area contributed by atoms with Crippen molar-refractivity contribution < 1.29 is 5.11 Å². The molecule has 0 fully saturated rings. The van der Waals surface area contributed by atoms with Crippen LogP contribution in [0.3, 0.4) is 0 Å². The predicted molar refractivity (Wildman–Crippen MR) is 88.9 cm³/mol. The monoisotopic (exact) mass is 294 g/mol. The van der Waals surface area contributed by atoms with Gasteiger partial charge in [-0.15, -0.1) is 0 Å². The average Bonchev–Trinajstić information content (AvgIpc) is 2.42. The van der Waals surface area contributed by atoms with Gasteiger partial charge in [0.25, 0.3) is 0 Å². The van der Waals surface area contributed by atoms with Crippen molar-refractivity contribution in [3.05, 3.63) is 11.9 Å². The van der Waals surface area contributed by atoms with Gasteiger partial charge < -0.3 is 15.7 Å². The second kappa shape index (κ2) is 8.82. The minimum Gasteiger partial charge on any atom is -0.396 e. The molecule has 0 aromatic carbocycles. The van der Waals surface area contributed by atoms with Gasteiger partial charge in [-0.1, -0.05) is 33.6 Å². The Balaban J connectivity index is 2.61. The number of unbranched alkanes of at least 4 members (excludes halogenated alkanes) is 3. The highest BCUT2D eigenvalue weighted by atomic mass is 16.2. The summed E-state index contributed by atoms with van der Waals surface area (Å²) in [6, 6.07) is 1.96. The van der Waals surface area contributed by atoms with E-state index >= 15 is 0 Å². The van der Waals surface area contributed by atoms with Crippen LogP contribution in [0.15, 0.2) is 6.07 Å². The molecular formula is C16H30N4O. The van der Waals surface area contributed by atoms with Crippen LogP contribution in [-0.4, -0.2) is 34.8 Å². The molecule has 0 aliphatic carbocycles.